The van der Waals surface area contributed by atoms with Gasteiger partial charge in [0.1, 0.15) is 6.29 Å². The Bertz CT molecular complexity index is 726. The monoisotopic (exact) mass is 364 g/mol. The number of fused-ring (bicyclic) bond motifs is 1. The fourth-order valence-corrected chi connectivity index (χ4v) is 9.72. The fourth-order valence-electron chi connectivity index (χ4n) is 4.95. The Labute approximate surface area is 157 Å². The lowest BCUT2D eigenvalue weighted by Gasteiger charge is -2.45. The van der Waals surface area contributed by atoms with E-state index in [0.29, 0.717) is 11.8 Å². The van der Waals surface area contributed by atoms with Crippen molar-refractivity contribution in [3.05, 3.63) is 60.7 Å². The smallest absolute Gasteiger partial charge is 0.261 e. The summed E-state index contributed by atoms with van der Waals surface area (Å²) in [5.41, 5.74) is 0. The molecule has 2 saturated carbocycles. The Morgan fingerprint density at radius 1 is 0.923 bits per heavy atom. The molecule has 26 heavy (non-hydrogen) atoms. The first-order chi connectivity index (χ1) is 12.5. The molecule has 136 valence electrons. The third-order valence-electron chi connectivity index (χ3n) is 6.30. The number of hydrogen-bond acceptors (Lipinski definition) is 2. The number of rotatable bonds is 5. The van der Waals surface area contributed by atoms with Gasteiger partial charge in [0.25, 0.3) is 8.32 Å². The molecule has 2 aromatic rings. The van der Waals surface area contributed by atoms with E-state index in [1.807, 2.05) is 0 Å². The quantitative estimate of drug-likeness (QED) is 0.596. The molecule has 2 aromatic carbocycles. The number of hydrogen-bond donors (Lipinski definition) is 0. The van der Waals surface area contributed by atoms with Crippen LogP contribution in [0.25, 0.3) is 0 Å². The summed E-state index contributed by atoms with van der Waals surface area (Å²) in [7, 11) is -2.55. The Morgan fingerprint density at radius 2 is 1.46 bits per heavy atom. The van der Waals surface area contributed by atoms with E-state index in [-0.39, 0.29) is 17.1 Å². The van der Waals surface area contributed by atoms with E-state index in [9.17, 15) is 4.79 Å². The fraction of sp³-hybridized carbons (Fsp3) is 0.435. The van der Waals surface area contributed by atoms with E-state index in [4.69, 9.17) is 4.43 Å². The van der Waals surface area contributed by atoms with Crippen LogP contribution in [0.3, 0.4) is 0 Å². The van der Waals surface area contributed by atoms with Gasteiger partial charge in [-0.3, -0.25) is 0 Å². The summed E-state index contributed by atoms with van der Waals surface area (Å²) >= 11 is 0. The molecule has 2 unspecified atom stereocenters. The molecule has 0 aromatic heterocycles. The lowest BCUT2D eigenvalue weighted by molar-refractivity contribution is -0.113. The van der Waals surface area contributed by atoms with Crippen LogP contribution in [0.5, 0.6) is 0 Å². The van der Waals surface area contributed by atoms with Crippen LogP contribution in [0.4, 0.5) is 0 Å². The van der Waals surface area contributed by atoms with Crippen LogP contribution in [-0.4, -0.2) is 20.7 Å². The summed E-state index contributed by atoms with van der Waals surface area (Å²) in [6.45, 7) is 6.90. The van der Waals surface area contributed by atoms with Crippen molar-refractivity contribution in [2.24, 2.45) is 17.8 Å². The molecule has 0 amide bonds. The van der Waals surface area contributed by atoms with Crippen molar-refractivity contribution in [1.29, 1.82) is 0 Å². The first-order valence-corrected chi connectivity index (χ1v) is 11.6. The number of carbonyl (C=O) groups is 1. The summed E-state index contributed by atoms with van der Waals surface area (Å²) in [4.78, 5) is 11.7. The van der Waals surface area contributed by atoms with Gasteiger partial charge in [0, 0.05) is 5.92 Å². The van der Waals surface area contributed by atoms with Crippen molar-refractivity contribution < 1.29 is 9.22 Å². The van der Waals surface area contributed by atoms with Crippen molar-refractivity contribution in [1.82, 2.24) is 0 Å². The second-order valence-corrected chi connectivity index (χ2v) is 13.2. The molecule has 0 bridgehead atoms. The van der Waals surface area contributed by atoms with Gasteiger partial charge in [-0.1, -0.05) is 81.4 Å². The van der Waals surface area contributed by atoms with Crippen LogP contribution in [0, 0.1) is 17.8 Å². The van der Waals surface area contributed by atoms with Crippen molar-refractivity contribution in [2.75, 3.05) is 0 Å². The summed E-state index contributed by atoms with van der Waals surface area (Å²) in [5.74, 6) is 1.33. The minimum atomic E-state index is -2.55. The van der Waals surface area contributed by atoms with Crippen molar-refractivity contribution >= 4 is 25.0 Å². The molecule has 0 N–H and O–H groups in total. The van der Waals surface area contributed by atoms with Gasteiger partial charge in [0.2, 0.25) is 0 Å². The van der Waals surface area contributed by atoms with Gasteiger partial charge >= 0.3 is 0 Å². The highest BCUT2D eigenvalue weighted by Crippen LogP contribution is 2.56. The Balaban J connectivity index is 1.87. The van der Waals surface area contributed by atoms with Gasteiger partial charge in [-0.25, -0.2) is 0 Å². The van der Waals surface area contributed by atoms with Crippen LogP contribution >= 0.6 is 0 Å². The third-order valence-corrected chi connectivity index (χ3v) is 11.3. The molecule has 2 fully saturated rings. The molecule has 0 heterocycles. The molecule has 0 spiro atoms. The Kier molecular flexibility index (Phi) is 4.40. The maximum atomic E-state index is 11.7. The van der Waals surface area contributed by atoms with Crippen molar-refractivity contribution in [3.8, 4) is 0 Å². The molecular formula is C23H28O2Si. The lowest BCUT2D eigenvalue weighted by Crippen LogP contribution is -2.68. The van der Waals surface area contributed by atoms with E-state index in [0.717, 1.165) is 12.7 Å². The number of aldehydes is 1. The van der Waals surface area contributed by atoms with Gasteiger partial charge in [-0.05, 0) is 40.1 Å². The molecule has 2 aliphatic rings. The normalized spacial score (nSPS) is 27.8. The average molecular weight is 365 g/mol. The molecule has 3 heteroatoms. The molecule has 4 rings (SSSR count). The van der Waals surface area contributed by atoms with Crippen LogP contribution in [0.15, 0.2) is 60.7 Å². The van der Waals surface area contributed by atoms with Gasteiger partial charge in [0.15, 0.2) is 0 Å². The minimum absolute atomic E-state index is 0.0316. The zero-order chi connectivity index (χ0) is 18.4. The van der Waals surface area contributed by atoms with Crippen LogP contribution in [0.2, 0.25) is 5.04 Å². The van der Waals surface area contributed by atoms with Gasteiger partial charge in [-0.2, -0.15) is 0 Å². The summed E-state index contributed by atoms with van der Waals surface area (Å²) in [6.07, 6.45) is 3.46. The zero-order valence-electron chi connectivity index (χ0n) is 15.9. The topological polar surface area (TPSA) is 26.3 Å². The highest BCUT2D eigenvalue weighted by Gasteiger charge is 2.59. The highest BCUT2D eigenvalue weighted by atomic mass is 28.4. The molecule has 2 nitrogen and oxygen atoms in total. The maximum Gasteiger partial charge on any atom is 0.261 e. The molecule has 0 aliphatic heterocycles. The van der Waals surface area contributed by atoms with E-state index in [2.05, 4.69) is 81.4 Å². The van der Waals surface area contributed by atoms with Gasteiger partial charge in [-0.15, -0.1) is 0 Å². The average Bonchev–Trinajstić information content (AvgIpc) is 3.33. The Morgan fingerprint density at radius 3 is 1.92 bits per heavy atom. The third kappa shape index (κ3) is 2.78. The molecule has 4 atom stereocenters. The van der Waals surface area contributed by atoms with Crippen molar-refractivity contribution in [2.45, 2.75) is 44.8 Å². The van der Waals surface area contributed by atoms with Crippen LogP contribution < -0.4 is 10.4 Å². The van der Waals surface area contributed by atoms with Crippen LogP contribution in [-0.2, 0) is 9.22 Å². The Hall–Kier alpha value is -1.71. The summed E-state index contributed by atoms with van der Waals surface area (Å²) < 4.78 is 7.20. The summed E-state index contributed by atoms with van der Waals surface area (Å²) in [6, 6.07) is 21.5. The zero-order valence-corrected chi connectivity index (χ0v) is 16.9. The summed E-state index contributed by atoms with van der Waals surface area (Å²) in [5, 5.41) is 2.57. The first kappa shape index (κ1) is 17.7. The van der Waals surface area contributed by atoms with E-state index in [1.54, 1.807) is 0 Å². The minimum Gasteiger partial charge on any atom is -0.403 e. The number of benzene rings is 2. The van der Waals surface area contributed by atoms with E-state index in [1.165, 1.54) is 16.8 Å². The SMILES string of the molecule is CC(C)(C)[Si](O[C@H]1C2CC2C[C@H]1C=O)(c1ccccc1)c1ccccc1. The molecular weight excluding hydrogens is 336 g/mol. The van der Waals surface area contributed by atoms with E-state index >= 15 is 0 Å². The predicted molar refractivity (Wildman–Crippen MR) is 108 cm³/mol. The second-order valence-electron chi connectivity index (χ2n) is 8.94. The predicted octanol–water partition coefficient (Wildman–Crippen LogP) is 3.79. The van der Waals surface area contributed by atoms with Crippen molar-refractivity contribution in [3.63, 3.8) is 0 Å². The van der Waals surface area contributed by atoms with Gasteiger partial charge in [0.05, 0.1) is 6.10 Å². The molecule has 2 aliphatic carbocycles. The highest BCUT2D eigenvalue weighted by molar-refractivity contribution is 6.99. The largest absolute Gasteiger partial charge is 0.403 e. The first-order valence-electron chi connectivity index (χ1n) is 9.71. The lowest BCUT2D eigenvalue weighted by atomic mass is 10.0. The standard InChI is InChI=1S/C23H28O2Si/c1-23(2,3)26(19-10-6-4-7-11-19,20-12-8-5-9-13-20)25-22-18(16-24)14-17-15-21(17)22/h4-13,16-18,21-22H,14-15H2,1-3H3/t17?,18-,21?,22+/m0/s1. The second kappa shape index (κ2) is 6.47. The van der Waals surface area contributed by atoms with Crippen LogP contribution in [0.1, 0.15) is 33.6 Å². The molecule has 0 radical (unpaired) electrons. The van der Waals surface area contributed by atoms with E-state index < -0.39 is 8.32 Å². The van der Waals surface area contributed by atoms with Gasteiger partial charge < -0.3 is 9.22 Å². The molecule has 0 saturated heterocycles. The number of carbonyl (C=O) groups excluding carboxylic acids is 1. The maximum absolute atomic E-state index is 11.7.